The summed E-state index contributed by atoms with van der Waals surface area (Å²) in [6.07, 6.45) is 1.75. The van der Waals surface area contributed by atoms with Crippen molar-refractivity contribution >= 4 is 18.0 Å². The minimum atomic E-state index is -1.41. The van der Waals surface area contributed by atoms with Crippen molar-refractivity contribution in [2.45, 2.75) is 44.7 Å². The van der Waals surface area contributed by atoms with Gasteiger partial charge in [0.1, 0.15) is 6.04 Å². The van der Waals surface area contributed by atoms with Gasteiger partial charge in [0, 0.05) is 12.6 Å². The van der Waals surface area contributed by atoms with Crippen molar-refractivity contribution < 1.29 is 24.6 Å². The summed E-state index contributed by atoms with van der Waals surface area (Å²) < 4.78 is 0. The van der Waals surface area contributed by atoms with Crippen molar-refractivity contribution in [3.05, 3.63) is 0 Å². The first-order valence-corrected chi connectivity index (χ1v) is 7.18. The Bertz CT molecular complexity index is 382. The third kappa shape index (κ3) is 5.58. The molecule has 2 amide bonds. The zero-order valence-corrected chi connectivity index (χ0v) is 12.2. The van der Waals surface area contributed by atoms with Crippen LogP contribution in [0.25, 0.3) is 0 Å². The second-order valence-corrected chi connectivity index (χ2v) is 5.11. The number of amides is 2. The van der Waals surface area contributed by atoms with E-state index in [1.807, 2.05) is 6.92 Å². The van der Waals surface area contributed by atoms with E-state index in [-0.39, 0.29) is 6.04 Å². The van der Waals surface area contributed by atoms with Crippen LogP contribution < -0.4 is 10.6 Å². The van der Waals surface area contributed by atoms with Crippen molar-refractivity contribution in [2.75, 3.05) is 19.6 Å². The van der Waals surface area contributed by atoms with Gasteiger partial charge in [0.25, 0.3) is 0 Å². The quantitative estimate of drug-likeness (QED) is 0.529. The van der Waals surface area contributed by atoms with E-state index in [0.29, 0.717) is 6.54 Å². The molecule has 0 aromatic rings. The van der Waals surface area contributed by atoms with Crippen molar-refractivity contribution in [3.8, 4) is 0 Å². The lowest BCUT2D eigenvalue weighted by atomic mass is 10.0. The second kappa shape index (κ2) is 8.46. The van der Waals surface area contributed by atoms with Gasteiger partial charge in [-0.2, -0.15) is 0 Å². The molecule has 0 aromatic carbocycles. The molecular weight excluding hydrogens is 278 g/mol. The van der Waals surface area contributed by atoms with Crippen LogP contribution in [0.1, 0.15) is 32.6 Å². The van der Waals surface area contributed by atoms with Gasteiger partial charge >= 0.3 is 18.0 Å². The zero-order chi connectivity index (χ0) is 15.8. The lowest BCUT2D eigenvalue weighted by Crippen LogP contribution is -2.54. The van der Waals surface area contributed by atoms with Crippen LogP contribution in [0, 0.1) is 0 Å². The summed E-state index contributed by atoms with van der Waals surface area (Å²) in [7, 11) is 0. The molecule has 0 saturated carbocycles. The van der Waals surface area contributed by atoms with Gasteiger partial charge in [-0.1, -0.05) is 6.92 Å². The summed E-state index contributed by atoms with van der Waals surface area (Å²) >= 11 is 0. The van der Waals surface area contributed by atoms with Crippen LogP contribution in [0.4, 0.5) is 4.79 Å². The third-order valence-corrected chi connectivity index (χ3v) is 3.45. The maximum atomic E-state index is 12.3. The third-order valence-electron chi connectivity index (χ3n) is 3.45. The number of nitrogens with zero attached hydrogens (tertiary/aromatic N) is 1. The highest BCUT2D eigenvalue weighted by molar-refractivity contribution is 5.86. The number of piperidine rings is 1. The van der Waals surface area contributed by atoms with Crippen LogP contribution in [0.3, 0.4) is 0 Å². The van der Waals surface area contributed by atoms with Crippen LogP contribution in [-0.2, 0) is 9.59 Å². The number of rotatable bonds is 7. The molecule has 1 aliphatic rings. The monoisotopic (exact) mass is 301 g/mol. The SMILES string of the molecule is CCCN(C(=O)N[C@@H](CC(=O)O)C(=O)O)C1CCNCC1. The summed E-state index contributed by atoms with van der Waals surface area (Å²) in [5.41, 5.74) is 0. The number of hydrogen-bond acceptors (Lipinski definition) is 4. The maximum Gasteiger partial charge on any atom is 0.326 e. The molecule has 0 unspecified atom stereocenters. The lowest BCUT2D eigenvalue weighted by molar-refractivity contribution is -0.145. The number of aliphatic carboxylic acids is 2. The Balaban J connectivity index is 2.69. The molecule has 8 heteroatoms. The molecule has 0 aromatic heterocycles. The molecule has 1 atom stereocenters. The van der Waals surface area contributed by atoms with Gasteiger partial charge in [0.15, 0.2) is 0 Å². The fraction of sp³-hybridized carbons (Fsp3) is 0.769. The maximum absolute atomic E-state index is 12.3. The summed E-state index contributed by atoms with van der Waals surface area (Å²) in [6, 6.07) is -1.85. The molecule has 21 heavy (non-hydrogen) atoms. The standard InChI is InChI=1S/C13H23N3O5/c1-2-7-16(9-3-5-14-6-4-9)13(21)15-10(12(19)20)8-11(17)18/h9-10,14H,2-8H2,1H3,(H,15,21)(H,17,18)(H,19,20)/t10-/m0/s1. The largest absolute Gasteiger partial charge is 0.481 e. The smallest absolute Gasteiger partial charge is 0.326 e. The van der Waals surface area contributed by atoms with Gasteiger partial charge in [0.2, 0.25) is 0 Å². The lowest BCUT2D eigenvalue weighted by Gasteiger charge is -2.35. The molecule has 1 fully saturated rings. The first kappa shape index (κ1) is 17.2. The predicted molar refractivity (Wildman–Crippen MR) is 75.1 cm³/mol. The van der Waals surface area contributed by atoms with Gasteiger partial charge in [-0.3, -0.25) is 4.79 Å². The van der Waals surface area contributed by atoms with Gasteiger partial charge in [-0.05, 0) is 32.4 Å². The molecule has 1 heterocycles. The Morgan fingerprint density at radius 3 is 2.38 bits per heavy atom. The van der Waals surface area contributed by atoms with Crippen LogP contribution in [-0.4, -0.2) is 64.8 Å². The average Bonchev–Trinajstić information content (AvgIpc) is 2.44. The molecule has 120 valence electrons. The minimum Gasteiger partial charge on any atom is -0.481 e. The van der Waals surface area contributed by atoms with Crippen LogP contribution >= 0.6 is 0 Å². The van der Waals surface area contributed by atoms with Crippen molar-refractivity contribution in [2.24, 2.45) is 0 Å². The number of carboxylic acids is 2. The fourth-order valence-corrected chi connectivity index (χ4v) is 2.42. The number of hydrogen-bond donors (Lipinski definition) is 4. The highest BCUT2D eigenvalue weighted by Gasteiger charge is 2.29. The van der Waals surface area contributed by atoms with Gasteiger partial charge in [-0.15, -0.1) is 0 Å². The number of nitrogens with one attached hydrogen (secondary N) is 2. The molecule has 4 N–H and O–H groups in total. The summed E-state index contributed by atoms with van der Waals surface area (Å²) in [5, 5.41) is 23.2. The van der Waals surface area contributed by atoms with E-state index in [2.05, 4.69) is 10.6 Å². The molecule has 0 radical (unpaired) electrons. The highest BCUT2D eigenvalue weighted by atomic mass is 16.4. The Labute approximate surface area is 123 Å². The number of urea groups is 1. The topological polar surface area (TPSA) is 119 Å². The van der Waals surface area contributed by atoms with Crippen LogP contribution in [0.15, 0.2) is 0 Å². The van der Waals surface area contributed by atoms with E-state index < -0.39 is 30.4 Å². The highest BCUT2D eigenvalue weighted by Crippen LogP contribution is 2.13. The van der Waals surface area contributed by atoms with Crippen molar-refractivity contribution in [1.29, 1.82) is 0 Å². The van der Waals surface area contributed by atoms with Gasteiger partial charge < -0.3 is 25.7 Å². The Morgan fingerprint density at radius 2 is 1.90 bits per heavy atom. The molecule has 0 aliphatic carbocycles. The van der Waals surface area contributed by atoms with Crippen molar-refractivity contribution in [3.63, 3.8) is 0 Å². The molecule has 1 saturated heterocycles. The Morgan fingerprint density at radius 1 is 1.29 bits per heavy atom. The summed E-state index contributed by atoms with van der Waals surface area (Å²) in [5.74, 6) is -2.60. The molecule has 8 nitrogen and oxygen atoms in total. The van der Waals surface area contributed by atoms with E-state index in [9.17, 15) is 14.4 Å². The first-order valence-electron chi connectivity index (χ1n) is 7.18. The van der Waals surface area contributed by atoms with Gasteiger partial charge in [0.05, 0.1) is 6.42 Å². The van der Waals surface area contributed by atoms with E-state index in [1.165, 1.54) is 0 Å². The van der Waals surface area contributed by atoms with Crippen molar-refractivity contribution in [1.82, 2.24) is 15.5 Å². The molecule has 0 spiro atoms. The van der Waals surface area contributed by atoms with Crippen LogP contribution in [0.5, 0.6) is 0 Å². The Hall–Kier alpha value is -1.83. The molecule has 0 bridgehead atoms. The minimum absolute atomic E-state index is 0.0606. The molecule has 1 aliphatic heterocycles. The number of carbonyl (C=O) groups excluding carboxylic acids is 1. The number of carbonyl (C=O) groups is 3. The summed E-state index contributed by atoms with van der Waals surface area (Å²) in [4.78, 5) is 35.6. The average molecular weight is 301 g/mol. The van der Waals surface area contributed by atoms with Gasteiger partial charge in [-0.25, -0.2) is 9.59 Å². The molecule has 1 rings (SSSR count). The van der Waals surface area contributed by atoms with Crippen LogP contribution in [0.2, 0.25) is 0 Å². The van der Waals surface area contributed by atoms with E-state index in [1.54, 1.807) is 4.90 Å². The van der Waals surface area contributed by atoms with E-state index in [0.717, 1.165) is 32.4 Å². The Kier molecular flexibility index (Phi) is 6.93. The predicted octanol–water partition coefficient (Wildman–Crippen LogP) is 0.0879. The summed E-state index contributed by atoms with van der Waals surface area (Å²) in [6.45, 7) is 4.09. The van der Waals surface area contributed by atoms with E-state index in [4.69, 9.17) is 10.2 Å². The zero-order valence-electron chi connectivity index (χ0n) is 12.2. The van der Waals surface area contributed by atoms with E-state index >= 15 is 0 Å². The number of carboxylic acid groups (broad SMARTS) is 2. The second-order valence-electron chi connectivity index (χ2n) is 5.11. The first-order chi connectivity index (χ1) is 9.95. The normalized spacial score (nSPS) is 17.0. The molecular formula is C13H23N3O5. The fourth-order valence-electron chi connectivity index (χ4n) is 2.42.